The first-order chi connectivity index (χ1) is 14.2. The van der Waals surface area contributed by atoms with Crippen molar-refractivity contribution >= 4 is 11.9 Å². The van der Waals surface area contributed by atoms with Crippen LogP contribution in [0.4, 0.5) is 0 Å². The molecule has 1 aliphatic rings. The molecule has 8 heteroatoms. The normalized spacial score (nSPS) is 14.7. The lowest BCUT2D eigenvalue weighted by atomic mass is 9.87. The second-order valence-electron chi connectivity index (χ2n) is 7.67. The molecule has 0 radical (unpaired) electrons. The van der Waals surface area contributed by atoms with Gasteiger partial charge >= 0.3 is 11.9 Å². The molecule has 0 fully saturated rings. The Morgan fingerprint density at radius 2 is 1.93 bits per heavy atom. The molecular weight excluding hydrogens is 390 g/mol. The van der Waals surface area contributed by atoms with Crippen LogP contribution in [0, 0.1) is 5.92 Å². The molecule has 2 aromatic rings. The lowest BCUT2D eigenvalue weighted by molar-refractivity contribution is -0.137. The van der Waals surface area contributed by atoms with Crippen LogP contribution in [-0.2, 0) is 11.2 Å². The van der Waals surface area contributed by atoms with Gasteiger partial charge < -0.3 is 24.3 Å². The number of carbonyl (C=O) groups is 2. The Morgan fingerprint density at radius 3 is 2.53 bits per heavy atom. The molecule has 1 aromatic heterocycles. The van der Waals surface area contributed by atoms with Gasteiger partial charge in [0.1, 0.15) is 5.56 Å². The first-order valence-corrected chi connectivity index (χ1v) is 9.78. The molecular formula is C22H25NO7. The van der Waals surface area contributed by atoms with Gasteiger partial charge in [-0.25, -0.2) is 4.79 Å². The Balaban J connectivity index is 2.07. The summed E-state index contributed by atoms with van der Waals surface area (Å²) >= 11 is 0. The van der Waals surface area contributed by atoms with E-state index < -0.39 is 17.4 Å². The van der Waals surface area contributed by atoms with Gasteiger partial charge in [-0.1, -0.05) is 13.8 Å². The van der Waals surface area contributed by atoms with E-state index in [1.54, 1.807) is 6.07 Å². The van der Waals surface area contributed by atoms with Crippen molar-refractivity contribution in [1.29, 1.82) is 0 Å². The maximum Gasteiger partial charge on any atom is 0.341 e. The molecule has 160 valence electrons. The van der Waals surface area contributed by atoms with Crippen LogP contribution >= 0.6 is 0 Å². The number of carboxylic acid groups (broad SMARTS) is 2. The summed E-state index contributed by atoms with van der Waals surface area (Å²) in [5, 5.41) is 18.1. The predicted molar refractivity (Wildman–Crippen MR) is 110 cm³/mol. The minimum absolute atomic E-state index is 0.0187. The van der Waals surface area contributed by atoms with Crippen LogP contribution in [0.5, 0.6) is 11.5 Å². The predicted octanol–water partition coefficient (Wildman–Crippen LogP) is 3.22. The molecule has 0 unspecified atom stereocenters. The second-order valence-corrected chi connectivity index (χ2v) is 7.67. The Hall–Kier alpha value is -3.29. The smallest absolute Gasteiger partial charge is 0.341 e. The molecule has 1 atom stereocenters. The topological polar surface area (TPSA) is 115 Å². The Kier molecular flexibility index (Phi) is 6.14. The third-order valence-electron chi connectivity index (χ3n) is 5.32. The lowest BCUT2D eigenvalue weighted by Gasteiger charge is -2.33. The largest absolute Gasteiger partial charge is 0.493 e. The van der Waals surface area contributed by atoms with Gasteiger partial charge in [-0.15, -0.1) is 0 Å². The quantitative estimate of drug-likeness (QED) is 0.636. The first kappa shape index (κ1) is 21.4. The fourth-order valence-electron chi connectivity index (χ4n) is 3.77. The third kappa shape index (κ3) is 4.17. The molecule has 30 heavy (non-hydrogen) atoms. The Morgan fingerprint density at radius 1 is 1.20 bits per heavy atom. The average Bonchev–Trinajstić information content (AvgIpc) is 2.69. The molecule has 0 bridgehead atoms. The minimum Gasteiger partial charge on any atom is -0.493 e. The summed E-state index contributed by atoms with van der Waals surface area (Å²) in [6.07, 6.45) is 2.46. The molecule has 1 aromatic carbocycles. The van der Waals surface area contributed by atoms with E-state index in [1.807, 2.05) is 24.5 Å². The van der Waals surface area contributed by atoms with Crippen LogP contribution in [0.25, 0.3) is 11.3 Å². The molecule has 0 saturated heterocycles. The van der Waals surface area contributed by atoms with E-state index in [4.69, 9.17) is 14.6 Å². The minimum atomic E-state index is -1.24. The molecule has 1 aliphatic heterocycles. The van der Waals surface area contributed by atoms with Gasteiger partial charge in [0.15, 0.2) is 16.9 Å². The van der Waals surface area contributed by atoms with Gasteiger partial charge in [0.25, 0.3) is 0 Å². The molecule has 0 amide bonds. The Labute approximate surface area is 173 Å². The van der Waals surface area contributed by atoms with Crippen LogP contribution in [0.3, 0.4) is 0 Å². The number of fused-ring (bicyclic) bond motifs is 3. The van der Waals surface area contributed by atoms with Gasteiger partial charge in [0, 0.05) is 30.3 Å². The van der Waals surface area contributed by atoms with Gasteiger partial charge in [-0.2, -0.15) is 0 Å². The summed E-state index contributed by atoms with van der Waals surface area (Å²) in [5.41, 5.74) is 1.59. The fourth-order valence-corrected chi connectivity index (χ4v) is 3.77. The molecule has 2 N–H and O–H groups in total. The number of benzene rings is 1. The first-order valence-electron chi connectivity index (χ1n) is 9.78. The zero-order valence-electron chi connectivity index (χ0n) is 17.2. The maximum absolute atomic E-state index is 12.4. The van der Waals surface area contributed by atoms with Crippen molar-refractivity contribution in [3.63, 3.8) is 0 Å². The van der Waals surface area contributed by atoms with Crippen molar-refractivity contribution < 1.29 is 29.3 Å². The van der Waals surface area contributed by atoms with Gasteiger partial charge in [-0.3, -0.25) is 9.59 Å². The van der Waals surface area contributed by atoms with Crippen molar-refractivity contribution in [2.75, 3.05) is 13.7 Å². The molecule has 0 spiro atoms. The molecule has 0 saturated carbocycles. The van der Waals surface area contributed by atoms with Crippen LogP contribution in [0.1, 0.15) is 48.7 Å². The van der Waals surface area contributed by atoms with E-state index >= 15 is 0 Å². The van der Waals surface area contributed by atoms with Crippen molar-refractivity contribution in [1.82, 2.24) is 4.57 Å². The number of nitrogens with zero attached hydrogens (tertiary/aromatic N) is 1. The summed E-state index contributed by atoms with van der Waals surface area (Å²) in [5.74, 6) is -0.941. The van der Waals surface area contributed by atoms with Crippen LogP contribution in [0.2, 0.25) is 0 Å². The van der Waals surface area contributed by atoms with E-state index in [0.717, 1.165) is 11.1 Å². The number of aromatic nitrogens is 1. The van der Waals surface area contributed by atoms with Crippen molar-refractivity contribution in [3.05, 3.63) is 45.7 Å². The summed E-state index contributed by atoms with van der Waals surface area (Å²) in [4.78, 5) is 34.5. The lowest BCUT2D eigenvalue weighted by Crippen LogP contribution is -2.28. The van der Waals surface area contributed by atoms with Crippen molar-refractivity contribution in [2.24, 2.45) is 5.92 Å². The molecule has 3 rings (SSSR count). The van der Waals surface area contributed by atoms with Gasteiger partial charge in [0.2, 0.25) is 0 Å². The van der Waals surface area contributed by atoms with Crippen molar-refractivity contribution in [3.8, 4) is 22.8 Å². The van der Waals surface area contributed by atoms with E-state index in [1.165, 1.54) is 19.4 Å². The highest BCUT2D eigenvalue weighted by atomic mass is 16.5. The number of rotatable bonds is 8. The van der Waals surface area contributed by atoms with E-state index in [-0.39, 0.29) is 30.6 Å². The third-order valence-corrected chi connectivity index (χ3v) is 5.32. The highest BCUT2D eigenvalue weighted by Gasteiger charge is 2.29. The number of pyridine rings is 1. The average molecular weight is 415 g/mol. The fraction of sp³-hybridized carbons (Fsp3) is 0.409. The molecule has 8 nitrogen and oxygen atoms in total. The summed E-state index contributed by atoms with van der Waals surface area (Å²) in [6, 6.07) is 4.98. The van der Waals surface area contributed by atoms with Crippen LogP contribution in [0.15, 0.2) is 29.2 Å². The van der Waals surface area contributed by atoms with E-state index in [9.17, 15) is 19.5 Å². The number of aliphatic carboxylic acids is 1. The highest BCUT2D eigenvalue weighted by molar-refractivity contribution is 5.88. The Bertz CT molecular complexity index is 1040. The SMILES string of the molecule is COc1cc2c(cc1OCCCC(=O)O)C[C@@H](C(C)C)n1cc(C(=O)O)c(=O)cc1-2. The van der Waals surface area contributed by atoms with Gasteiger partial charge in [-0.05, 0) is 36.5 Å². The number of hydrogen-bond acceptors (Lipinski definition) is 5. The number of carboxylic acids is 2. The monoisotopic (exact) mass is 415 g/mol. The highest BCUT2D eigenvalue weighted by Crippen LogP contribution is 2.42. The van der Waals surface area contributed by atoms with E-state index in [2.05, 4.69) is 0 Å². The molecule has 0 aliphatic carbocycles. The number of aromatic carboxylic acids is 1. The summed E-state index contributed by atoms with van der Waals surface area (Å²) in [7, 11) is 1.51. The van der Waals surface area contributed by atoms with Crippen LogP contribution < -0.4 is 14.9 Å². The number of ether oxygens (including phenoxy) is 2. The van der Waals surface area contributed by atoms with E-state index in [0.29, 0.717) is 30.0 Å². The second kappa shape index (κ2) is 8.61. The number of methoxy groups -OCH3 is 1. The summed E-state index contributed by atoms with van der Waals surface area (Å²) < 4.78 is 13.1. The standard InChI is InChI=1S/C22H25NO7/c1-12(2)16-7-13-8-20(30-6-4-5-21(25)26)19(29-3)9-14(13)17-10-18(24)15(22(27)28)11-23(16)17/h8-12,16H,4-7H2,1-3H3,(H,25,26)(H,27,28)/t16-/m0/s1. The maximum atomic E-state index is 12.4. The van der Waals surface area contributed by atoms with Crippen LogP contribution in [-0.4, -0.2) is 40.4 Å². The van der Waals surface area contributed by atoms with Crippen molar-refractivity contribution in [2.45, 2.75) is 39.2 Å². The number of hydrogen-bond donors (Lipinski definition) is 2. The van der Waals surface area contributed by atoms with Gasteiger partial charge in [0.05, 0.1) is 19.4 Å². The summed E-state index contributed by atoms with van der Waals surface area (Å²) in [6.45, 7) is 4.34. The molecule has 2 heterocycles. The zero-order chi connectivity index (χ0) is 22.0. The zero-order valence-corrected chi connectivity index (χ0v) is 17.2.